The molecule has 0 saturated carbocycles. The van der Waals surface area contributed by atoms with E-state index < -0.39 is 23.6 Å². The van der Waals surface area contributed by atoms with Crippen LogP contribution in [0.1, 0.15) is 12.0 Å². The molecule has 3 aromatic rings. The molecule has 1 atom stereocenters. The van der Waals surface area contributed by atoms with Crippen molar-refractivity contribution in [2.45, 2.75) is 18.6 Å². The number of benzene rings is 1. The summed E-state index contributed by atoms with van der Waals surface area (Å²) in [4.78, 5) is 24.9. The Morgan fingerprint density at radius 3 is 2.78 bits per heavy atom. The number of amides is 2. The molecule has 1 fully saturated rings. The molecule has 0 spiro atoms. The number of nitrogens with one attached hydrogen (secondary N) is 1. The summed E-state index contributed by atoms with van der Waals surface area (Å²) in [6.07, 6.45) is -1.41. The van der Waals surface area contributed by atoms with Crippen molar-refractivity contribution in [1.82, 2.24) is 9.97 Å². The van der Waals surface area contributed by atoms with Gasteiger partial charge in [0.15, 0.2) is 11.6 Å². The van der Waals surface area contributed by atoms with Gasteiger partial charge in [-0.1, -0.05) is 12.1 Å². The Labute approximate surface area is 180 Å². The second-order valence-electron chi connectivity index (χ2n) is 7.66. The largest absolute Gasteiger partial charge is 0.416 e. The number of urea groups is 1. The monoisotopic (exact) mass is 443 g/mol. The highest BCUT2D eigenvalue weighted by Gasteiger charge is 2.40. The normalized spacial score (nSPS) is 17.3. The first kappa shape index (κ1) is 20.2. The number of carbonyl (C=O) groups excluding carboxylic acids is 1. The fourth-order valence-corrected chi connectivity index (χ4v) is 4.14. The van der Waals surface area contributed by atoms with E-state index in [1.165, 1.54) is 23.2 Å². The van der Waals surface area contributed by atoms with E-state index in [0.717, 1.165) is 24.9 Å². The Balaban J connectivity index is 1.54. The number of pyridine rings is 2. The van der Waals surface area contributed by atoms with Crippen LogP contribution in [0.4, 0.5) is 39.5 Å². The van der Waals surface area contributed by atoms with Gasteiger partial charge in [-0.15, -0.1) is 0 Å². The summed E-state index contributed by atoms with van der Waals surface area (Å²) in [7, 11) is 0. The van der Waals surface area contributed by atoms with Crippen molar-refractivity contribution in [2.24, 2.45) is 0 Å². The van der Waals surface area contributed by atoms with E-state index in [1.807, 2.05) is 0 Å². The van der Waals surface area contributed by atoms with Crippen LogP contribution < -0.4 is 15.1 Å². The molecule has 1 N–H and O–H groups in total. The van der Waals surface area contributed by atoms with E-state index in [-0.39, 0.29) is 17.3 Å². The van der Waals surface area contributed by atoms with Gasteiger partial charge in [0.25, 0.3) is 0 Å². The first-order valence-electron chi connectivity index (χ1n) is 9.94. The van der Waals surface area contributed by atoms with Crippen molar-refractivity contribution in [3.63, 3.8) is 0 Å². The lowest BCUT2D eigenvalue weighted by atomic mass is 10.1. The number of hydrogen-bond acceptors (Lipinski definition) is 4. The maximum atomic E-state index is 14.0. The van der Waals surface area contributed by atoms with Crippen molar-refractivity contribution in [1.29, 1.82) is 0 Å². The molecule has 0 radical (unpaired) electrons. The molecule has 1 saturated heterocycles. The number of nitrogens with zero attached hydrogens (tertiary/aromatic N) is 4. The van der Waals surface area contributed by atoms with Crippen molar-refractivity contribution in [3.05, 3.63) is 66.2 Å². The van der Waals surface area contributed by atoms with Gasteiger partial charge >= 0.3 is 12.2 Å². The van der Waals surface area contributed by atoms with Crippen molar-refractivity contribution < 1.29 is 22.4 Å². The Morgan fingerprint density at radius 1 is 1.16 bits per heavy atom. The highest BCUT2D eigenvalue weighted by atomic mass is 19.4. The number of aromatic nitrogens is 2. The summed E-state index contributed by atoms with van der Waals surface area (Å²) in [5, 5.41) is 2.56. The molecule has 2 aromatic heterocycles. The van der Waals surface area contributed by atoms with Crippen LogP contribution in [0, 0.1) is 5.82 Å². The van der Waals surface area contributed by atoms with Crippen LogP contribution in [0.25, 0.3) is 11.3 Å². The van der Waals surface area contributed by atoms with Gasteiger partial charge in [0.2, 0.25) is 0 Å². The van der Waals surface area contributed by atoms with Gasteiger partial charge in [0.05, 0.1) is 34.9 Å². The molecule has 5 rings (SSSR count). The second kappa shape index (κ2) is 7.47. The van der Waals surface area contributed by atoms with Crippen LogP contribution in [-0.2, 0) is 6.18 Å². The average Bonchev–Trinajstić information content (AvgIpc) is 3.19. The highest BCUT2D eigenvalue weighted by Crippen LogP contribution is 2.41. The number of rotatable bonds is 2. The van der Waals surface area contributed by atoms with E-state index in [9.17, 15) is 22.4 Å². The quantitative estimate of drug-likeness (QED) is 0.571. The molecule has 0 aliphatic carbocycles. The number of alkyl halides is 3. The maximum Gasteiger partial charge on any atom is 0.416 e. The Hall–Kier alpha value is -3.69. The van der Waals surface area contributed by atoms with Crippen molar-refractivity contribution in [3.8, 4) is 11.3 Å². The van der Waals surface area contributed by atoms with E-state index in [4.69, 9.17) is 0 Å². The number of halogens is 4. The third-order valence-corrected chi connectivity index (χ3v) is 5.67. The van der Waals surface area contributed by atoms with Crippen LogP contribution in [0.5, 0.6) is 0 Å². The summed E-state index contributed by atoms with van der Waals surface area (Å²) in [6.45, 7) is 1.32. The molecular formula is C22H17F4N5O. The van der Waals surface area contributed by atoms with Crippen molar-refractivity contribution in [2.75, 3.05) is 28.2 Å². The number of fused-ring (bicyclic) bond motifs is 4. The molecule has 1 aromatic carbocycles. The van der Waals surface area contributed by atoms with E-state index >= 15 is 0 Å². The number of carbonyl (C=O) groups is 1. The van der Waals surface area contributed by atoms with Gasteiger partial charge in [-0.25, -0.2) is 14.2 Å². The first-order valence-corrected chi connectivity index (χ1v) is 9.94. The molecule has 1 unspecified atom stereocenters. The lowest BCUT2D eigenvalue weighted by Crippen LogP contribution is -2.48. The fourth-order valence-electron chi connectivity index (χ4n) is 4.14. The fraction of sp³-hybridized carbons (Fsp3) is 0.227. The molecule has 164 valence electrons. The summed E-state index contributed by atoms with van der Waals surface area (Å²) in [5.41, 5.74) is 0.517. The summed E-state index contributed by atoms with van der Waals surface area (Å²) in [5.74, 6) is -0.336. The van der Waals surface area contributed by atoms with E-state index in [0.29, 0.717) is 30.2 Å². The minimum atomic E-state index is -4.48. The molecule has 2 aliphatic rings. The topological polar surface area (TPSA) is 61.4 Å². The Kier molecular flexibility index (Phi) is 4.72. The zero-order valence-corrected chi connectivity index (χ0v) is 16.6. The standard InChI is InChI=1S/C22H17F4N5O/c23-16-11-27-8-6-18(16)29-21(32)31-15-7-9-30(12-15)19-5-4-17(28-20(19)31)13-2-1-3-14(10-13)22(24,25)26/h1-6,8,10-11,15H,7,9,12H2,(H,27,29,32). The molecule has 4 heterocycles. The van der Waals surface area contributed by atoms with Crippen LogP contribution in [0.2, 0.25) is 0 Å². The van der Waals surface area contributed by atoms with E-state index in [1.54, 1.807) is 18.2 Å². The molecule has 10 heteroatoms. The lowest BCUT2D eigenvalue weighted by molar-refractivity contribution is -0.137. The van der Waals surface area contributed by atoms with Crippen LogP contribution in [0.3, 0.4) is 0 Å². The predicted molar refractivity (Wildman–Crippen MR) is 111 cm³/mol. The molecule has 6 nitrogen and oxygen atoms in total. The Morgan fingerprint density at radius 2 is 2.00 bits per heavy atom. The average molecular weight is 443 g/mol. The van der Waals surface area contributed by atoms with Crippen molar-refractivity contribution >= 4 is 23.2 Å². The Bertz CT molecular complexity index is 1200. The SMILES string of the molecule is O=C(Nc1ccncc1F)N1c2nc(-c3cccc(C(F)(F)F)c3)ccc2N2CCC1C2. The predicted octanol–water partition coefficient (Wildman–Crippen LogP) is 4.93. The molecular weight excluding hydrogens is 426 g/mol. The molecule has 32 heavy (non-hydrogen) atoms. The summed E-state index contributed by atoms with van der Waals surface area (Å²) < 4.78 is 53.5. The molecule has 2 bridgehead atoms. The minimum absolute atomic E-state index is 0.0130. The van der Waals surface area contributed by atoms with Gasteiger partial charge in [0.1, 0.15) is 0 Å². The maximum absolute atomic E-state index is 14.0. The highest BCUT2D eigenvalue weighted by molar-refractivity contribution is 6.04. The van der Waals surface area contributed by atoms with Crippen LogP contribution in [-0.4, -0.2) is 35.1 Å². The lowest BCUT2D eigenvalue weighted by Gasteiger charge is -2.36. The summed E-state index contributed by atoms with van der Waals surface area (Å²) >= 11 is 0. The molecule has 2 amide bonds. The van der Waals surface area contributed by atoms with Gasteiger partial charge in [-0.3, -0.25) is 9.88 Å². The first-order chi connectivity index (χ1) is 15.3. The van der Waals surface area contributed by atoms with Crippen LogP contribution in [0.15, 0.2) is 54.9 Å². The zero-order chi connectivity index (χ0) is 22.5. The number of anilines is 3. The second-order valence-corrected chi connectivity index (χ2v) is 7.66. The van der Waals surface area contributed by atoms with E-state index in [2.05, 4.69) is 20.2 Å². The number of hydrogen-bond donors (Lipinski definition) is 1. The molecule has 2 aliphatic heterocycles. The van der Waals surface area contributed by atoms with Gasteiger partial charge in [0, 0.05) is 24.8 Å². The third-order valence-electron chi connectivity index (χ3n) is 5.67. The van der Waals surface area contributed by atoms with Gasteiger partial charge in [-0.05, 0) is 36.8 Å². The van der Waals surface area contributed by atoms with Crippen LogP contribution >= 0.6 is 0 Å². The van der Waals surface area contributed by atoms with Gasteiger partial charge < -0.3 is 10.2 Å². The van der Waals surface area contributed by atoms with Gasteiger partial charge in [-0.2, -0.15) is 13.2 Å². The minimum Gasteiger partial charge on any atom is -0.366 e. The third kappa shape index (κ3) is 3.51. The summed E-state index contributed by atoms with van der Waals surface area (Å²) in [6, 6.07) is 8.90. The smallest absolute Gasteiger partial charge is 0.366 e. The zero-order valence-electron chi connectivity index (χ0n) is 16.6.